The Kier molecular flexibility index (Phi) is 65.5. The van der Waals surface area contributed by atoms with Gasteiger partial charge in [-0.15, -0.1) is 26.6 Å². The molecular formula is C60H66N32O7S3. The molecule has 39 nitrogen and oxygen atoms in total. The molecular weight excluding hydrogens is 1380 g/mol. The van der Waals surface area contributed by atoms with Gasteiger partial charge in [-0.25, -0.2) is 54.3 Å². The highest BCUT2D eigenvalue weighted by Gasteiger charge is 1.75. The Bertz CT molecular complexity index is 3050. The lowest BCUT2D eigenvalue weighted by Crippen LogP contribution is -2.02. The van der Waals surface area contributed by atoms with Crippen LogP contribution in [0.1, 0.15) is 0 Å². The van der Waals surface area contributed by atoms with Crippen LogP contribution in [0, 0.1) is 0 Å². The lowest BCUT2D eigenvalue weighted by Gasteiger charge is -1.72. The number of hydrogen-bond donors (Lipinski definition) is 8. The van der Waals surface area contributed by atoms with E-state index < -0.39 is 5.76 Å². The number of nitrogens with one attached hydrogen (secondary N) is 8. The average Bonchev–Trinajstić information content (AvgIpc) is 4.61. The number of tetrazole rings is 1. The van der Waals surface area contributed by atoms with Gasteiger partial charge in [0.2, 0.25) is 12.8 Å². The molecule has 0 unspecified atom stereocenters. The largest absolute Gasteiger partial charge is 0.473 e. The standard InChI is InChI=1S/C5H5N.C4H4N2O.3C4H4N2.C4H5N.C4H4O.C4H4S.3C3H4N2.2C3H3NO.2C3H3NS.C2H3N3.C2H2N2O2.CH2N4.CHN3O/c1-2-4-6-5-3-1;7-4-2-1-3-5-6-4;2*1-2-5-4-6-3-1;1-2-4-6-5-3-1;3*1-2-4-5-3-1;1-2-5-3-4-1;2*1-2-4-5-3-1;1-2-5-3-4-1;1-2-4-5-3-1;1-2-5-3-4-1;1-2-4-5-3-1;1-3-2-5-4-1;5-2-4-3-1-6-2;1-2-4-5-3-1;1-2-3-4-5-1/h1-5H;1-3H,(H,6,7);3*1-4H;1-5H;2*1-4H;3*1-3H,(H,4,5);4*1-3H;1-2H,(H,3,4,5);1H,(H,4,5);1H,(H,2,3,4,5);1H. The molecule has 0 aliphatic heterocycles. The molecule has 0 saturated heterocycles. The fraction of sp³-hybridized carbons (Fsp3) is 0. The Labute approximate surface area is 590 Å². The first kappa shape index (κ1) is 85.1. The van der Waals surface area contributed by atoms with E-state index in [1.165, 1.54) is 74.4 Å². The topological polar surface area (TPSA) is 536 Å². The van der Waals surface area contributed by atoms with Crippen LogP contribution in [0.5, 0.6) is 0 Å². The van der Waals surface area contributed by atoms with Crippen molar-refractivity contribution in [2.75, 3.05) is 0 Å². The summed E-state index contributed by atoms with van der Waals surface area (Å²) in [5.41, 5.74) is 1.63. The number of H-pyrrole nitrogens is 8. The quantitative estimate of drug-likeness (QED) is 0.0701. The van der Waals surface area contributed by atoms with Crippen LogP contribution in [0.4, 0.5) is 0 Å². The number of pyridine rings is 1. The van der Waals surface area contributed by atoms with Crippen molar-refractivity contribution in [1.82, 2.24) is 162 Å². The summed E-state index contributed by atoms with van der Waals surface area (Å²) in [5.74, 6) is -0.519. The summed E-state index contributed by atoms with van der Waals surface area (Å²) in [7, 11) is 0. The molecule has 0 fully saturated rings. The normalized spacial score (nSPS) is 8.08. The minimum Gasteiger partial charge on any atom is -0.473 e. The zero-order valence-electron chi connectivity index (χ0n) is 53.3. The van der Waals surface area contributed by atoms with Crippen LogP contribution in [-0.2, 0) is 0 Å². The van der Waals surface area contributed by atoms with Gasteiger partial charge >= 0.3 is 5.76 Å². The Hall–Kier alpha value is -14.9. The Balaban J connectivity index is 0.000000539. The van der Waals surface area contributed by atoms with Crippen molar-refractivity contribution in [1.29, 1.82) is 0 Å². The SMILES string of the molecule is O=c1[nH]nco1.O=c1cccn[nH]1.c1c[nH]cn1.c1cc[nH]c1.c1ccncc1.c1ccnnc1.c1ccoc1.c1ccsc1.c1cn[nH]c1.c1cn[nH]c1.c1cncnc1.c1cncnc1.c1cnoc1.c1cnsc1.c1cocn1.c1cscn1.c1nc[nH]n1.c1nn[nH]n1.c1nnno1. The molecule has 19 aromatic heterocycles. The fourth-order valence-corrected chi connectivity index (χ4v) is 5.20. The molecule has 0 saturated carbocycles. The van der Waals surface area contributed by atoms with Crippen molar-refractivity contribution in [3.8, 4) is 0 Å². The van der Waals surface area contributed by atoms with E-state index in [2.05, 4.69) is 179 Å². The Morgan fingerprint density at radius 1 is 0.363 bits per heavy atom. The first-order valence-electron chi connectivity index (χ1n) is 27.9. The summed E-state index contributed by atoms with van der Waals surface area (Å²) in [6, 6.07) is 34.8. The van der Waals surface area contributed by atoms with Crippen LogP contribution in [0.25, 0.3) is 0 Å². The highest BCUT2D eigenvalue weighted by atomic mass is 32.1. The summed E-state index contributed by atoms with van der Waals surface area (Å²) >= 11 is 4.78. The Morgan fingerprint density at radius 3 is 1.25 bits per heavy atom. The predicted octanol–water partition coefficient (Wildman–Crippen LogP) is 9.02. The van der Waals surface area contributed by atoms with E-state index in [1.54, 1.807) is 183 Å². The van der Waals surface area contributed by atoms with E-state index in [0.717, 1.165) is 12.8 Å². The molecule has 0 atom stereocenters. The predicted molar refractivity (Wildman–Crippen MR) is 372 cm³/mol. The van der Waals surface area contributed by atoms with Crippen molar-refractivity contribution < 1.29 is 22.3 Å². The summed E-state index contributed by atoms with van der Waals surface area (Å²) in [6.45, 7) is 0. The molecule has 8 N–H and O–H groups in total. The van der Waals surface area contributed by atoms with E-state index in [-0.39, 0.29) is 5.56 Å². The number of hydrogen-bond acceptors (Lipinski definition) is 34. The van der Waals surface area contributed by atoms with E-state index in [4.69, 9.17) is 0 Å². The molecule has 0 aliphatic rings. The molecule has 102 heavy (non-hydrogen) atoms. The maximum absolute atomic E-state index is 10.2. The molecule has 0 aliphatic carbocycles. The molecule has 19 aromatic rings. The number of thiazole rings is 1. The van der Waals surface area contributed by atoms with Crippen molar-refractivity contribution in [2.45, 2.75) is 0 Å². The van der Waals surface area contributed by atoms with Gasteiger partial charge in [-0.3, -0.25) is 30.1 Å². The highest BCUT2D eigenvalue weighted by molar-refractivity contribution is 7.07. The van der Waals surface area contributed by atoms with Crippen molar-refractivity contribution in [3.05, 3.63) is 376 Å². The number of imidazole rings is 1. The van der Waals surface area contributed by atoms with Crippen LogP contribution < -0.4 is 11.3 Å². The summed E-state index contributed by atoms with van der Waals surface area (Å²) in [4.78, 5) is 58.5. The zero-order valence-corrected chi connectivity index (χ0v) is 55.8. The molecule has 0 spiro atoms. The van der Waals surface area contributed by atoms with Crippen molar-refractivity contribution in [2.24, 2.45) is 0 Å². The second-order valence-electron chi connectivity index (χ2n) is 14.8. The van der Waals surface area contributed by atoms with Gasteiger partial charge in [-0.05, 0) is 119 Å². The highest BCUT2D eigenvalue weighted by Crippen LogP contribution is 1.92. The third-order valence-electron chi connectivity index (χ3n) is 7.74. The number of thiophene rings is 1. The smallest absolute Gasteiger partial charge is 0.434 e. The third-order valence-corrected chi connectivity index (χ3v) is 9.41. The number of furan rings is 1. The maximum atomic E-state index is 10.2. The fourth-order valence-electron chi connectivity index (χ4n) is 4.04. The minimum absolute atomic E-state index is 0.164. The van der Waals surface area contributed by atoms with Gasteiger partial charge in [0.1, 0.15) is 37.8 Å². The molecule has 19 heterocycles. The second kappa shape index (κ2) is 78.5. The zero-order chi connectivity index (χ0) is 72.5. The maximum Gasteiger partial charge on any atom is 0.434 e. The summed E-state index contributed by atoms with van der Waals surface area (Å²) in [6.07, 6.45) is 54.6. The minimum atomic E-state index is -0.519. The number of oxazole rings is 1. The average molecular weight is 1440 g/mol. The lowest BCUT2D eigenvalue weighted by atomic mass is 10.5. The van der Waals surface area contributed by atoms with Gasteiger partial charge in [0.15, 0.2) is 12.7 Å². The lowest BCUT2D eigenvalue weighted by molar-refractivity contribution is 0.392. The number of aromatic nitrogens is 32. The first-order valence-corrected chi connectivity index (χ1v) is 30.6. The summed E-state index contributed by atoms with van der Waals surface area (Å²) in [5, 5.41) is 69.1. The van der Waals surface area contributed by atoms with E-state index in [0.29, 0.717) is 0 Å². The van der Waals surface area contributed by atoms with Gasteiger partial charge < -0.3 is 32.3 Å². The molecule has 0 bridgehead atoms. The van der Waals surface area contributed by atoms with Crippen molar-refractivity contribution >= 4 is 34.2 Å². The molecule has 526 valence electrons. The van der Waals surface area contributed by atoms with Crippen LogP contribution in [0.2, 0.25) is 0 Å². The van der Waals surface area contributed by atoms with E-state index in [9.17, 15) is 9.59 Å². The third kappa shape index (κ3) is 75.8. The van der Waals surface area contributed by atoms with E-state index >= 15 is 0 Å². The van der Waals surface area contributed by atoms with Gasteiger partial charge in [0.25, 0.3) is 5.56 Å². The monoisotopic (exact) mass is 1440 g/mol. The number of aromatic amines is 8. The second-order valence-corrected chi connectivity index (χ2v) is 17.1. The Morgan fingerprint density at radius 2 is 1.08 bits per heavy atom. The molecule has 0 radical (unpaired) electrons. The first-order chi connectivity index (χ1) is 50.8. The van der Waals surface area contributed by atoms with Crippen LogP contribution in [0.15, 0.2) is 387 Å². The number of rotatable bonds is 0. The van der Waals surface area contributed by atoms with Gasteiger partial charge in [-0.2, -0.15) is 47.1 Å². The molecule has 0 aromatic carbocycles. The molecule has 42 heteroatoms. The van der Waals surface area contributed by atoms with Gasteiger partial charge in [-0.1, -0.05) is 33.7 Å². The van der Waals surface area contributed by atoms with Crippen LogP contribution >= 0.6 is 34.2 Å². The summed E-state index contributed by atoms with van der Waals surface area (Å²) < 4.78 is 25.4. The van der Waals surface area contributed by atoms with Crippen LogP contribution in [-0.4, -0.2) is 162 Å². The number of nitrogens with zero attached hydrogens (tertiary/aromatic N) is 24. The van der Waals surface area contributed by atoms with Gasteiger partial charge in [0.05, 0.1) is 42.0 Å². The van der Waals surface area contributed by atoms with Gasteiger partial charge in [0, 0.05) is 135 Å². The van der Waals surface area contributed by atoms with Crippen LogP contribution in [0.3, 0.4) is 0 Å². The van der Waals surface area contributed by atoms with E-state index in [1.807, 2.05) is 124 Å². The molecule has 19 rings (SSSR count). The molecule has 0 amide bonds. The van der Waals surface area contributed by atoms with Crippen molar-refractivity contribution in [3.63, 3.8) is 0 Å².